The lowest BCUT2D eigenvalue weighted by molar-refractivity contribution is -0.194. The van der Waals surface area contributed by atoms with E-state index in [1.54, 1.807) is 6.92 Å². The van der Waals surface area contributed by atoms with Gasteiger partial charge in [-0.15, -0.1) is 0 Å². The minimum atomic E-state index is -0.168. The molecule has 4 aliphatic carbocycles. The first-order valence-electron chi connectivity index (χ1n) is 13.9. The van der Waals surface area contributed by atoms with Crippen LogP contribution in [0.5, 0.6) is 0 Å². The van der Waals surface area contributed by atoms with Crippen molar-refractivity contribution in [1.29, 1.82) is 0 Å². The first-order chi connectivity index (χ1) is 15.1. The van der Waals surface area contributed by atoms with Crippen molar-refractivity contribution in [3.63, 3.8) is 0 Å². The highest BCUT2D eigenvalue weighted by Gasteiger charge is 2.63. The SMILES string of the molecule is CC(=O)OC1CC2CC(O)CCC2(C)C2CCC3(C)C(C(C)CCCC(C)C)CCC3C12. The van der Waals surface area contributed by atoms with Gasteiger partial charge in [-0.3, -0.25) is 4.79 Å². The summed E-state index contributed by atoms with van der Waals surface area (Å²) in [6.45, 7) is 13.9. The summed E-state index contributed by atoms with van der Waals surface area (Å²) in [6.07, 6.45) is 13.2. The highest BCUT2D eigenvalue weighted by Crippen LogP contribution is 2.68. The van der Waals surface area contributed by atoms with Crippen LogP contribution in [-0.2, 0) is 9.53 Å². The van der Waals surface area contributed by atoms with Crippen LogP contribution in [0.3, 0.4) is 0 Å². The van der Waals surface area contributed by atoms with Crippen LogP contribution in [0, 0.1) is 52.3 Å². The molecule has 0 aromatic heterocycles. The molecule has 3 nitrogen and oxygen atoms in total. The summed E-state index contributed by atoms with van der Waals surface area (Å²) in [5, 5.41) is 10.4. The van der Waals surface area contributed by atoms with Crippen molar-refractivity contribution >= 4 is 5.97 Å². The first kappa shape index (κ1) is 24.6. The van der Waals surface area contributed by atoms with E-state index in [-0.39, 0.29) is 18.2 Å². The minimum absolute atomic E-state index is 0.0560. The molecule has 0 radical (unpaired) electrons. The fourth-order valence-corrected chi connectivity index (χ4v) is 9.54. The van der Waals surface area contributed by atoms with Gasteiger partial charge in [0.15, 0.2) is 0 Å². The Bertz CT molecular complexity index is 673. The van der Waals surface area contributed by atoms with Crippen LogP contribution in [0.15, 0.2) is 0 Å². The largest absolute Gasteiger partial charge is 0.462 e. The lowest BCUT2D eigenvalue weighted by Gasteiger charge is -2.62. The van der Waals surface area contributed by atoms with Gasteiger partial charge in [0, 0.05) is 12.8 Å². The topological polar surface area (TPSA) is 46.5 Å². The summed E-state index contributed by atoms with van der Waals surface area (Å²) in [5.74, 6) is 4.65. The number of aliphatic hydroxyl groups excluding tert-OH is 1. The van der Waals surface area contributed by atoms with Crippen LogP contribution in [0.2, 0.25) is 0 Å². The standard InChI is InChI=1S/C29H50O3/c1-18(2)8-7-9-19(3)23-10-11-24-27-25(13-15-29(23,24)6)28(5)14-12-22(31)16-21(28)17-26(27)32-20(4)30/h18-19,21-27,31H,7-17H2,1-6H3. The van der Waals surface area contributed by atoms with Gasteiger partial charge in [0.1, 0.15) is 6.10 Å². The number of hydrogen-bond donors (Lipinski definition) is 1. The maximum atomic E-state index is 12.1. The second kappa shape index (κ2) is 9.23. The molecule has 1 N–H and O–H groups in total. The van der Waals surface area contributed by atoms with E-state index in [9.17, 15) is 9.90 Å². The number of carbonyl (C=O) groups excluding carboxylic acids is 1. The van der Waals surface area contributed by atoms with E-state index in [2.05, 4.69) is 34.6 Å². The number of rotatable bonds is 6. The molecule has 0 spiro atoms. The molecule has 4 fully saturated rings. The molecule has 0 aliphatic heterocycles. The van der Waals surface area contributed by atoms with Crippen molar-refractivity contribution < 1.29 is 14.6 Å². The Morgan fingerprint density at radius 1 is 0.969 bits per heavy atom. The molecule has 0 saturated heterocycles. The van der Waals surface area contributed by atoms with Gasteiger partial charge in [0.25, 0.3) is 0 Å². The minimum Gasteiger partial charge on any atom is -0.462 e. The van der Waals surface area contributed by atoms with Gasteiger partial charge >= 0.3 is 5.97 Å². The molecular weight excluding hydrogens is 396 g/mol. The number of fused-ring (bicyclic) bond motifs is 5. The van der Waals surface area contributed by atoms with E-state index in [1.807, 2.05) is 0 Å². The zero-order valence-corrected chi connectivity index (χ0v) is 21.7. The molecule has 0 bridgehead atoms. The second-order valence-electron chi connectivity index (χ2n) is 13.3. The molecule has 4 saturated carbocycles. The summed E-state index contributed by atoms with van der Waals surface area (Å²) < 4.78 is 6.11. The van der Waals surface area contributed by atoms with E-state index in [1.165, 1.54) is 44.9 Å². The Morgan fingerprint density at radius 2 is 1.66 bits per heavy atom. The van der Waals surface area contributed by atoms with Gasteiger partial charge in [-0.05, 0) is 97.7 Å². The summed E-state index contributed by atoms with van der Waals surface area (Å²) in [5.41, 5.74) is 0.705. The van der Waals surface area contributed by atoms with E-state index in [0.717, 1.165) is 43.4 Å². The van der Waals surface area contributed by atoms with Gasteiger partial charge < -0.3 is 9.84 Å². The lowest BCUT2D eigenvalue weighted by Crippen LogP contribution is -2.59. The fourth-order valence-electron chi connectivity index (χ4n) is 9.54. The highest BCUT2D eigenvalue weighted by molar-refractivity contribution is 5.66. The Hall–Kier alpha value is -0.570. The normalized spacial score (nSPS) is 46.8. The van der Waals surface area contributed by atoms with Gasteiger partial charge in [0.05, 0.1) is 6.10 Å². The number of hydrogen-bond acceptors (Lipinski definition) is 3. The molecule has 0 aromatic rings. The van der Waals surface area contributed by atoms with Crippen LogP contribution in [0.25, 0.3) is 0 Å². The van der Waals surface area contributed by atoms with E-state index >= 15 is 0 Å². The summed E-state index contributed by atoms with van der Waals surface area (Å²) >= 11 is 0. The van der Waals surface area contributed by atoms with Gasteiger partial charge in [-0.25, -0.2) is 0 Å². The molecule has 0 amide bonds. The monoisotopic (exact) mass is 446 g/mol. The van der Waals surface area contributed by atoms with Crippen molar-refractivity contribution in [3.05, 3.63) is 0 Å². The molecule has 3 heteroatoms. The van der Waals surface area contributed by atoms with Crippen molar-refractivity contribution in [1.82, 2.24) is 0 Å². The third-order valence-corrected chi connectivity index (χ3v) is 11.1. The third-order valence-electron chi connectivity index (χ3n) is 11.1. The maximum Gasteiger partial charge on any atom is 0.302 e. The Labute approximate surface area is 197 Å². The predicted molar refractivity (Wildman–Crippen MR) is 130 cm³/mol. The van der Waals surface area contributed by atoms with E-state index in [4.69, 9.17) is 4.74 Å². The van der Waals surface area contributed by atoms with E-state index < -0.39 is 0 Å². The first-order valence-corrected chi connectivity index (χ1v) is 13.9. The maximum absolute atomic E-state index is 12.1. The molecule has 4 aliphatic rings. The average molecular weight is 447 g/mol. The van der Waals surface area contributed by atoms with Crippen molar-refractivity contribution in [3.8, 4) is 0 Å². The molecule has 0 heterocycles. The van der Waals surface area contributed by atoms with Crippen molar-refractivity contribution in [2.24, 2.45) is 52.3 Å². The predicted octanol–water partition coefficient (Wildman–Crippen LogP) is 7.01. The van der Waals surface area contributed by atoms with E-state index in [0.29, 0.717) is 34.5 Å². The highest BCUT2D eigenvalue weighted by atomic mass is 16.5. The number of aliphatic hydroxyl groups is 1. The number of esters is 1. The molecule has 184 valence electrons. The Kier molecular flexibility index (Phi) is 7.08. The zero-order chi connectivity index (χ0) is 23.3. The molecule has 0 aromatic carbocycles. The Balaban J connectivity index is 1.57. The van der Waals surface area contributed by atoms with Crippen molar-refractivity contribution in [2.75, 3.05) is 0 Å². The van der Waals surface area contributed by atoms with Crippen LogP contribution < -0.4 is 0 Å². The zero-order valence-electron chi connectivity index (χ0n) is 21.7. The summed E-state index contributed by atoms with van der Waals surface area (Å²) in [6, 6.07) is 0. The third kappa shape index (κ3) is 4.29. The van der Waals surface area contributed by atoms with Crippen LogP contribution >= 0.6 is 0 Å². The second-order valence-corrected chi connectivity index (χ2v) is 13.3. The summed E-state index contributed by atoms with van der Waals surface area (Å²) in [7, 11) is 0. The molecule has 4 rings (SSSR count). The average Bonchev–Trinajstić information content (AvgIpc) is 3.05. The van der Waals surface area contributed by atoms with Gasteiger partial charge in [0.2, 0.25) is 0 Å². The number of ether oxygens (including phenoxy) is 1. The smallest absolute Gasteiger partial charge is 0.302 e. The van der Waals surface area contributed by atoms with Gasteiger partial charge in [-0.2, -0.15) is 0 Å². The van der Waals surface area contributed by atoms with Crippen molar-refractivity contribution in [2.45, 2.75) is 124 Å². The van der Waals surface area contributed by atoms with Crippen LogP contribution in [0.1, 0.15) is 112 Å². The van der Waals surface area contributed by atoms with Crippen LogP contribution in [0.4, 0.5) is 0 Å². The summed E-state index contributed by atoms with van der Waals surface area (Å²) in [4.78, 5) is 12.1. The molecule has 32 heavy (non-hydrogen) atoms. The number of carbonyl (C=O) groups is 1. The fraction of sp³-hybridized carbons (Fsp3) is 0.966. The molecule has 10 unspecified atom stereocenters. The Morgan fingerprint density at radius 3 is 2.34 bits per heavy atom. The molecular formula is C29H50O3. The molecule has 10 atom stereocenters. The quantitative estimate of drug-likeness (QED) is 0.446. The lowest BCUT2D eigenvalue weighted by atomic mass is 9.43. The van der Waals surface area contributed by atoms with Crippen LogP contribution in [-0.4, -0.2) is 23.3 Å². The van der Waals surface area contributed by atoms with Gasteiger partial charge in [-0.1, -0.05) is 53.9 Å².